The molecule has 1 rings (SSSR count). The van der Waals surface area contributed by atoms with Crippen LogP contribution in [0.2, 0.25) is 6.04 Å². The molecule has 148 valence electrons. The largest absolute Gasteiger partial charge is 0.379 e. The molecule has 0 saturated carbocycles. The van der Waals surface area contributed by atoms with Gasteiger partial charge in [0.05, 0.1) is 0 Å². The Hall–Kier alpha value is -1.56. The van der Waals surface area contributed by atoms with Gasteiger partial charge < -0.3 is 19.2 Å². The zero-order valence-electron chi connectivity index (χ0n) is 14.3. The summed E-state index contributed by atoms with van der Waals surface area (Å²) in [7, 11) is -1.04. The van der Waals surface area contributed by atoms with Crippen molar-refractivity contribution in [3.63, 3.8) is 0 Å². The zero-order valence-corrected chi connectivity index (χ0v) is 15.8. The molecule has 0 saturated heterocycles. The van der Waals surface area contributed by atoms with E-state index >= 15 is 0 Å². The third-order valence-corrected chi connectivity index (χ3v) is 4.45. The summed E-state index contributed by atoms with van der Waals surface area (Å²) in [5, 5.41) is 2.12. The van der Waals surface area contributed by atoms with Gasteiger partial charge in [-0.3, -0.25) is 4.79 Å². The highest BCUT2D eigenvalue weighted by atomic mass is 28.2. The normalized spacial score (nSPS) is 11.7. The van der Waals surface area contributed by atoms with E-state index < -0.39 is 56.8 Å². The van der Waals surface area contributed by atoms with Crippen LogP contribution in [0.1, 0.15) is 30.6 Å². The molecule has 0 bridgehead atoms. The van der Waals surface area contributed by atoms with Gasteiger partial charge in [0.1, 0.15) is 5.56 Å². The highest BCUT2D eigenvalue weighted by Crippen LogP contribution is 2.22. The van der Waals surface area contributed by atoms with Crippen LogP contribution in [0.15, 0.2) is 0 Å². The van der Waals surface area contributed by atoms with Crippen LogP contribution in [-0.2, 0) is 13.9 Å². The summed E-state index contributed by atoms with van der Waals surface area (Å²) >= 11 is 0. The smallest absolute Gasteiger partial charge is 0.261 e. The Morgan fingerprint density at radius 3 is 1.96 bits per heavy atom. The number of hydrogen-bond donors (Lipinski definition) is 1. The van der Waals surface area contributed by atoms with E-state index in [1.165, 1.54) is 0 Å². The van der Waals surface area contributed by atoms with Crippen molar-refractivity contribution in [2.75, 3.05) is 19.8 Å². The molecule has 0 heterocycles. The summed E-state index contributed by atoms with van der Waals surface area (Å²) in [4.78, 5) is 11.7. The van der Waals surface area contributed by atoms with Crippen LogP contribution in [-0.4, -0.2) is 41.9 Å². The van der Waals surface area contributed by atoms with Crippen LogP contribution in [0, 0.1) is 29.1 Å². The topological polar surface area (TPSA) is 56.8 Å². The van der Waals surface area contributed by atoms with Crippen molar-refractivity contribution in [3.05, 3.63) is 34.6 Å². The molecule has 1 amide bonds. The number of ether oxygens (including phenoxy) is 2. The van der Waals surface area contributed by atoms with Crippen molar-refractivity contribution in [3.8, 4) is 0 Å². The Balaban J connectivity index is 2.47. The lowest BCUT2D eigenvalue weighted by Crippen LogP contribution is -2.28. The lowest BCUT2D eigenvalue weighted by Gasteiger charge is -2.17. The third kappa shape index (κ3) is 6.00. The van der Waals surface area contributed by atoms with Gasteiger partial charge in [-0.25, -0.2) is 22.0 Å². The Morgan fingerprint density at radius 2 is 1.46 bits per heavy atom. The van der Waals surface area contributed by atoms with E-state index in [4.69, 9.17) is 13.9 Å². The summed E-state index contributed by atoms with van der Waals surface area (Å²) < 4.78 is 81.9. The van der Waals surface area contributed by atoms with Gasteiger partial charge in [-0.1, -0.05) is 0 Å². The van der Waals surface area contributed by atoms with Crippen LogP contribution >= 0.6 is 0 Å². The van der Waals surface area contributed by atoms with Crippen LogP contribution in [0.25, 0.3) is 0 Å². The molecule has 0 radical (unpaired) electrons. The molecule has 11 heteroatoms. The molecular formula is C15H20F5NO4Si. The van der Waals surface area contributed by atoms with E-state index in [-0.39, 0.29) is 6.54 Å². The number of amides is 1. The predicted octanol–water partition coefficient (Wildman–Crippen LogP) is 2.38. The van der Waals surface area contributed by atoms with Gasteiger partial charge in [0.25, 0.3) is 12.4 Å². The number of halogens is 5. The molecule has 5 nitrogen and oxygen atoms in total. The van der Waals surface area contributed by atoms with Gasteiger partial charge in [-0.05, 0) is 26.3 Å². The van der Waals surface area contributed by atoms with Crippen LogP contribution < -0.4 is 5.32 Å². The molecule has 1 aromatic carbocycles. The summed E-state index contributed by atoms with van der Waals surface area (Å²) in [6, 6.07) is 0.577. The summed E-state index contributed by atoms with van der Waals surface area (Å²) in [6.45, 7) is 3.63. The monoisotopic (exact) mass is 401 g/mol. The van der Waals surface area contributed by atoms with E-state index in [0.717, 1.165) is 0 Å². The number of hydrogen-bond acceptors (Lipinski definition) is 4. The number of nitrogens with one attached hydrogen (secondary N) is 1. The predicted molar refractivity (Wildman–Crippen MR) is 84.7 cm³/mol. The first-order valence-electron chi connectivity index (χ1n) is 7.99. The second kappa shape index (κ2) is 11.2. The molecule has 0 aliphatic heterocycles. The minimum atomic E-state index is -2.31. The number of carbonyl (C=O) groups excluding carboxylic acids is 1. The van der Waals surface area contributed by atoms with Gasteiger partial charge in [-0.15, -0.1) is 0 Å². The van der Waals surface area contributed by atoms with Gasteiger partial charge in [0.15, 0.2) is 33.0 Å². The lowest BCUT2D eigenvalue weighted by atomic mass is 10.1. The summed E-state index contributed by atoms with van der Waals surface area (Å²) in [5.41, 5.74) is -1.50. The first kappa shape index (κ1) is 22.5. The molecule has 0 spiro atoms. The molecule has 1 N–H and O–H groups in total. The van der Waals surface area contributed by atoms with Crippen molar-refractivity contribution in [1.82, 2.24) is 5.32 Å². The average molecular weight is 401 g/mol. The van der Waals surface area contributed by atoms with E-state index in [1.807, 2.05) is 0 Å². The first-order chi connectivity index (χ1) is 12.3. The highest BCUT2D eigenvalue weighted by molar-refractivity contribution is 6.27. The fourth-order valence-electron chi connectivity index (χ4n) is 1.92. The second-order valence-electron chi connectivity index (χ2n) is 4.98. The SMILES string of the molecule is CCOC(OCC)O[SiH2]CCCNC(=O)c1c(F)c(F)c(F)c(F)c1F. The molecule has 26 heavy (non-hydrogen) atoms. The molecule has 0 aliphatic rings. The lowest BCUT2D eigenvalue weighted by molar-refractivity contribution is -0.243. The molecule has 1 aromatic rings. The van der Waals surface area contributed by atoms with Crippen molar-refractivity contribution in [2.45, 2.75) is 32.8 Å². The summed E-state index contributed by atoms with van der Waals surface area (Å²) in [5.74, 6) is -12.3. The van der Waals surface area contributed by atoms with Gasteiger partial charge in [0, 0.05) is 19.8 Å². The van der Waals surface area contributed by atoms with Crippen LogP contribution in [0.5, 0.6) is 0 Å². The van der Waals surface area contributed by atoms with Gasteiger partial charge in [0.2, 0.25) is 5.82 Å². The number of rotatable bonds is 11. The second-order valence-corrected chi connectivity index (χ2v) is 6.43. The molecule has 0 fully saturated rings. The standard InChI is InChI=1S/C15H20F5NO4Si/c1-3-23-15(24-4-2)25-26-7-5-6-21-14(22)8-9(16)11(18)13(20)12(19)10(8)17/h15H,3-7,26H2,1-2H3,(H,21,22). The molecule has 0 aliphatic carbocycles. The molecule has 0 atom stereocenters. The average Bonchev–Trinajstić information content (AvgIpc) is 2.61. The Labute approximate surface area is 149 Å². The van der Waals surface area contributed by atoms with Crippen molar-refractivity contribution in [1.29, 1.82) is 0 Å². The molecule has 0 aromatic heterocycles. The number of carbonyl (C=O) groups is 1. The minimum Gasteiger partial charge on any atom is -0.379 e. The van der Waals surface area contributed by atoms with Crippen LogP contribution in [0.4, 0.5) is 22.0 Å². The molecule has 0 unspecified atom stereocenters. The maximum Gasteiger partial charge on any atom is 0.261 e. The highest BCUT2D eigenvalue weighted by Gasteiger charge is 2.29. The fourth-order valence-corrected chi connectivity index (χ4v) is 2.92. The summed E-state index contributed by atoms with van der Waals surface area (Å²) in [6.07, 6.45) is 0.401. The maximum atomic E-state index is 13.5. The van der Waals surface area contributed by atoms with E-state index in [1.54, 1.807) is 13.8 Å². The van der Waals surface area contributed by atoms with E-state index in [9.17, 15) is 26.7 Å². The number of benzene rings is 1. The quantitative estimate of drug-likeness (QED) is 0.155. The van der Waals surface area contributed by atoms with E-state index in [0.29, 0.717) is 25.7 Å². The Kier molecular flexibility index (Phi) is 9.69. The van der Waals surface area contributed by atoms with Crippen molar-refractivity contribution in [2.24, 2.45) is 0 Å². The molecular weight excluding hydrogens is 381 g/mol. The van der Waals surface area contributed by atoms with Crippen molar-refractivity contribution >= 4 is 15.7 Å². The van der Waals surface area contributed by atoms with Crippen LogP contribution in [0.3, 0.4) is 0 Å². The minimum absolute atomic E-state index is 0.0113. The maximum absolute atomic E-state index is 13.5. The Bertz CT molecular complexity index is 585. The first-order valence-corrected chi connectivity index (χ1v) is 9.57. The zero-order chi connectivity index (χ0) is 19.7. The Morgan fingerprint density at radius 1 is 0.962 bits per heavy atom. The third-order valence-electron chi connectivity index (χ3n) is 3.15. The van der Waals surface area contributed by atoms with Gasteiger partial charge >= 0.3 is 0 Å². The van der Waals surface area contributed by atoms with Gasteiger partial charge in [-0.2, -0.15) is 0 Å². The fraction of sp³-hybridized carbons (Fsp3) is 0.533. The van der Waals surface area contributed by atoms with E-state index in [2.05, 4.69) is 5.32 Å². The van der Waals surface area contributed by atoms with Crippen molar-refractivity contribution < 1.29 is 40.6 Å².